The van der Waals surface area contributed by atoms with E-state index >= 15 is 0 Å². The Labute approximate surface area is 155 Å². The molecule has 2 aliphatic heterocycles. The molecule has 1 saturated heterocycles. The summed E-state index contributed by atoms with van der Waals surface area (Å²) in [6.07, 6.45) is -13.4. The van der Waals surface area contributed by atoms with Gasteiger partial charge in [0.25, 0.3) is 5.78 Å². The largest absolute Gasteiger partial charge is 0.454 e. The molecule has 2 unspecified atom stereocenters. The van der Waals surface area contributed by atoms with Gasteiger partial charge in [-0.15, -0.1) is 0 Å². The molecular weight excluding hydrogens is 390 g/mol. The second-order valence-electron chi connectivity index (χ2n) is 6.64. The lowest BCUT2D eigenvalue weighted by Crippen LogP contribution is -2.56. The normalized spacial score (nSPS) is 22.7. The third kappa shape index (κ3) is 3.00. The lowest BCUT2D eigenvalue weighted by Gasteiger charge is -2.46. The van der Waals surface area contributed by atoms with Crippen molar-refractivity contribution in [1.29, 1.82) is 0 Å². The number of alkyl halides is 6. The number of fused-ring (bicyclic) bond motifs is 5. The number of hydrogen-bond donors (Lipinski definition) is 1. The van der Waals surface area contributed by atoms with Gasteiger partial charge in [0.2, 0.25) is 0 Å². The van der Waals surface area contributed by atoms with Crippen LogP contribution in [0.1, 0.15) is 22.0 Å². The summed E-state index contributed by atoms with van der Waals surface area (Å²) in [6, 6.07) is 6.38. The van der Waals surface area contributed by atoms with E-state index in [9.17, 15) is 31.1 Å². The molecular formula is C18H14F6N2O2. The maximum atomic E-state index is 13.7. The van der Waals surface area contributed by atoms with Crippen LogP contribution in [0.5, 0.6) is 0 Å². The molecule has 0 bridgehead atoms. The molecule has 4 rings (SSSR count). The maximum Gasteiger partial charge on any atom is 0.454 e. The number of benzene rings is 2. The first-order valence-electron chi connectivity index (χ1n) is 8.45. The molecule has 0 radical (unpaired) electrons. The van der Waals surface area contributed by atoms with Crippen LogP contribution in [-0.2, 0) is 4.74 Å². The minimum atomic E-state index is -5.21. The number of Topliss-reactive ketones (excluding diaryl/α,β-unsaturated/α-hetero) is 1. The number of ketones is 1. The van der Waals surface area contributed by atoms with Gasteiger partial charge in [0, 0.05) is 36.1 Å². The van der Waals surface area contributed by atoms with Gasteiger partial charge >= 0.3 is 12.4 Å². The fourth-order valence-corrected chi connectivity index (χ4v) is 3.78. The van der Waals surface area contributed by atoms with Crippen molar-refractivity contribution in [1.82, 2.24) is 5.32 Å². The van der Waals surface area contributed by atoms with Crippen molar-refractivity contribution >= 4 is 22.2 Å². The number of hydrogen-bond acceptors (Lipinski definition) is 4. The summed E-state index contributed by atoms with van der Waals surface area (Å²) in [6.45, 7) is 0.940. The van der Waals surface area contributed by atoms with Crippen LogP contribution in [0.25, 0.3) is 10.8 Å². The Morgan fingerprint density at radius 2 is 1.79 bits per heavy atom. The zero-order valence-corrected chi connectivity index (χ0v) is 14.2. The Hall–Kier alpha value is -2.33. The molecule has 0 spiro atoms. The third-order valence-electron chi connectivity index (χ3n) is 4.90. The quantitative estimate of drug-likeness (QED) is 0.577. The van der Waals surface area contributed by atoms with E-state index in [4.69, 9.17) is 4.74 Å². The molecule has 0 aromatic heterocycles. The number of anilines is 1. The van der Waals surface area contributed by atoms with Crippen molar-refractivity contribution in [2.75, 3.05) is 24.5 Å². The first-order chi connectivity index (χ1) is 13.1. The Bertz CT molecular complexity index is 940. The molecule has 10 heteroatoms. The number of carbonyl (C=O) groups is 1. The molecule has 2 aromatic rings. The van der Waals surface area contributed by atoms with E-state index in [-0.39, 0.29) is 23.0 Å². The topological polar surface area (TPSA) is 41.6 Å². The second kappa shape index (κ2) is 6.35. The molecule has 28 heavy (non-hydrogen) atoms. The summed E-state index contributed by atoms with van der Waals surface area (Å²) in [4.78, 5) is 13.5. The van der Waals surface area contributed by atoms with E-state index in [2.05, 4.69) is 5.32 Å². The average Bonchev–Trinajstić information content (AvgIpc) is 2.64. The highest BCUT2D eigenvalue weighted by atomic mass is 19.4. The van der Waals surface area contributed by atoms with Crippen molar-refractivity contribution in [3.63, 3.8) is 0 Å². The van der Waals surface area contributed by atoms with E-state index < -0.39 is 41.6 Å². The van der Waals surface area contributed by atoms with Gasteiger partial charge in [0.1, 0.15) is 6.23 Å². The first-order valence-corrected chi connectivity index (χ1v) is 8.45. The second-order valence-corrected chi connectivity index (χ2v) is 6.64. The van der Waals surface area contributed by atoms with Crippen molar-refractivity contribution in [2.24, 2.45) is 0 Å². The minimum absolute atomic E-state index is 0.0383. The molecule has 1 N–H and O–H groups in total. The van der Waals surface area contributed by atoms with Gasteiger partial charge in [-0.1, -0.05) is 24.3 Å². The molecule has 150 valence electrons. The van der Waals surface area contributed by atoms with Gasteiger partial charge < -0.3 is 15.0 Å². The molecule has 0 saturated carbocycles. The molecule has 2 aromatic carbocycles. The summed E-state index contributed by atoms with van der Waals surface area (Å²) in [5, 5.41) is 3.07. The van der Waals surface area contributed by atoms with Gasteiger partial charge in [-0.2, -0.15) is 26.3 Å². The van der Waals surface area contributed by atoms with E-state index in [0.29, 0.717) is 19.2 Å². The summed E-state index contributed by atoms with van der Waals surface area (Å²) >= 11 is 0. The van der Waals surface area contributed by atoms with E-state index in [1.54, 1.807) is 4.90 Å². The molecule has 2 atom stereocenters. The first kappa shape index (κ1) is 19.0. The number of nitrogens with zero attached hydrogens (tertiary/aromatic N) is 1. The molecule has 0 aliphatic carbocycles. The summed E-state index contributed by atoms with van der Waals surface area (Å²) < 4.78 is 85.4. The third-order valence-corrected chi connectivity index (χ3v) is 4.90. The lowest BCUT2D eigenvalue weighted by atomic mass is 9.91. The average molecular weight is 404 g/mol. The zero-order valence-electron chi connectivity index (χ0n) is 14.2. The van der Waals surface area contributed by atoms with Gasteiger partial charge in [0.15, 0.2) is 6.10 Å². The fourth-order valence-electron chi connectivity index (χ4n) is 3.78. The Morgan fingerprint density at radius 1 is 1.11 bits per heavy atom. The Kier molecular flexibility index (Phi) is 4.31. The molecule has 2 heterocycles. The predicted molar refractivity (Wildman–Crippen MR) is 88.2 cm³/mol. The van der Waals surface area contributed by atoms with Gasteiger partial charge in [0.05, 0.1) is 5.69 Å². The van der Waals surface area contributed by atoms with E-state index in [0.717, 1.165) is 0 Å². The standard InChI is InChI=1S/C18H14F6N2O2/c19-17(20,21)15(27)11-7-12-14(10-4-2-1-3-9(10)11)26-6-5-25-8-13(26)28-16(12)18(22,23)24/h1-4,7,13,16,25H,5-6,8H2. The van der Waals surface area contributed by atoms with Crippen LogP contribution < -0.4 is 10.2 Å². The SMILES string of the molecule is O=C(c1cc2c(c3ccccc13)N1CCNCC1OC2C(F)(F)F)C(F)(F)F. The van der Waals surface area contributed by atoms with Gasteiger partial charge in [-0.25, -0.2) is 0 Å². The van der Waals surface area contributed by atoms with E-state index in [1.165, 1.54) is 24.3 Å². The highest BCUT2D eigenvalue weighted by molar-refractivity contribution is 6.14. The number of nitrogens with one attached hydrogen (secondary N) is 1. The van der Waals surface area contributed by atoms with Crippen molar-refractivity contribution in [3.8, 4) is 0 Å². The van der Waals surface area contributed by atoms with E-state index in [1.807, 2.05) is 0 Å². The van der Waals surface area contributed by atoms with Crippen LogP contribution in [-0.4, -0.2) is 44.0 Å². The number of ether oxygens (including phenoxy) is 1. The van der Waals surface area contributed by atoms with Gasteiger partial charge in [-0.3, -0.25) is 4.79 Å². The van der Waals surface area contributed by atoms with Crippen LogP contribution in [0.2, 0.25) is 0 Å². The summed E-state index contributed by atoms with van der Waals surface area (Å²) in [7, 11) is 0. The van der Waals surface area contributed by atoms with Crippen LogP contribution in [0.3, 0.4) is 0 Å². The zero-order chi connectivity index (χ0) is 20.3. The maximum absolute atomic E-state index is 13.7. The number of carbonyl (C=O) groups excluding carboxylic acids is 1. The number of rotatable bonds is 1. The van der Waals surface area contributed by atoms with Crippen molar-refractivity contribution in [3.05, 3.63) is 41.5 Å². The lowest BCUT2D eigenvalue weighted by molar-refractivity contribution is -0.240. The molecule has 1 fully saturated rings. The van der Waals surface area contributed by atoms with Crippen LogP contribution in [0, 0.1) is 0 Å². The molecule has 4 nitrogen and oxygen atoms in total. The van der Waals surface area contributed by atoms with Crippen molar-refractivity contribution < 1.29 is 35.9 Å². The number of halogens is 6. The Morgan fingerprint density at radius 3 is 2.43 bits per heavy atom. The fraction of sp³-hybridized carbons (Fsp3) is 0.389. The molecule has 2 aliphatic rings. The number of piperazine rings is 1. The van der Waals surface area contributed by atoms with Crippen LogP contribution in [0.15, 0.2) is 30.3 Å². The Balaban J connectivity index is 2.04. The van der Waals surface area contributed by atoms with Gasteiger partial charge in [-0.05, 0) is 11.5 Å². The minimum Gasteiger partial charge on any atom is -0.343 e. The molecule has 0 amide bonds. The summed E-state index contributed by atoms with van der Waals surface area (Å²) in [5.74, 6) is -2.19. The predicted octanol–water partition coefficient (Wildman–Crippen LogP) is 3.95. The monoisotopic (exact) mass is 404 g/mol. The van der Waals surface area contributed by atoms with Crippen LogP contribution >= 0.6 is 0 Å². The van der Waals surface area contributed by atoms with Crippen LogP contribution in [0.4, 0.5) is 32.0 Å². The van der Waals surface area contributed by atoms with Crippen molar-refractivity contribution in [2.45, 2.75) is 24.7 Å². The highest BCUT2D eigenvalue weighted by Gasteiger charge is 2.50. The summed E-state index contributed by atoms with van der Waals surface area (Å²) in [5.41, 5.74) is -1.13. The highest BCUT2D eigenvalue weighted by Crippen LogP contribution is 2.49. The smallest absolute Gasteiger partial charge is 0.343 e.